The molecule has 2 aromatic carbocycles. The molecular formula is C62H82F3N9O11S. The molecule has 5 N–H and O–H groups in total. The van der Waals surface area contributed by atoms with E-state index in [0.29, 0.717) is 93.8 Å². The van der Waals surface area contributed by atoms with Gasteiger partial charge < -0.3 is 54.8 Å². The summed E-state index contributed by atoms with van der Waals surface area (Å²) in [5.74, 6) is -2.68. The number of amides is 6. The molecule has 7 rings (SSSR count). The van der Waals surface area contributed by atoms with Crippen LogP contribution in [0.15, 0.2) is 72.9 Å². The standard InChI is InChI=1S/C62H82F3N9O11S/c1-41(66-2)56(77)70-55(46-17-9-6-10-18-46)60(80)74-26-12-19-50(74)58(79)72-59-54(45-15-7-5-8-16-45)71-61(86-59)69-52(75)40-85-34-33-84-32-31-83-30-29-82-28-27-73(3)53(76)36-43-13-11-14-44(35-43)38-68-57(78)49-37-47(51(81-4)39-67-49)23-20-42-21-24-48(25-22-42)62(63,64)65/h5,7-8,11,13-16,20,23,35,37,39,41-42,46,48,50,55,66H,6,9-10,12,17-19,21-22,24-34,36,38,40H2,1-4H3,(H,68,78)(H,70,77)(H,72,79)(H,69,71,75)/b23-20+/t41-,42?,48?,50-,55?/m0/s1. The number of likely N-dealkylation sites (N-methyl/N-ethyl adjacent to an activating group) is 2. The lowest BCUT2D eigenvalue weighted by atomic mass is 9.81. The molecular weight excluding hydrogens is 1140 g/mol. The number of rotatable bonds is 31. The second-order valence-electron chi connectivity index (χ2n) is 21.9. The van der Waals surface area contributed by atoms with Crippen molar-refractivity contribution in [2.24, 2.45) is 17.8 Å². The number of allylic oxidation sites excluding steroid dienone is 1. The average Bonchev–Trinajstić information content (AvgIpc) is 3.87. The highest BCUT2D eigenvalue weighted by Crippen LogP contribution is 2.41. The van der Waals surface area contributed by atoms with Gasteiger partial charge >= 0.3 is 6.18 Å². The van der Waals surface area contributed by atoms with Gasteiger partial charge in [-0.2, -0.15) is 13.2 Å². The largest absolute Gasteiger partial charge is 0.495 e. The van der Waals surface area contributed by atoms with Crippen LogP contribution in [0.25, 0.3) is 17.3 Å². The first-order chi connectivity index (χ1) is 41.5. The molecule has 1 unspecified atom stereocenters. The fourth-order valence-corrected chi connectivity index (χ4v) is 11.6. The fourth-order valence-electron chi connectivity index (χ4n) is 10.7. The minimum Gasteiger partial charge on any atom is -0.495 e. The van der Waals surface area contributed by atoms with E-state index in [4.69, 9.17) is 23.7 Å². The van der Waals surface area contributed by atoms with Crippen LogP contribution < -0.4 is 31.3 Å². The van der Waals surface area contributed by atoms with Crippen molar-refractivity contribution in [3.63, 3.8) is 0 Å². The van der Waals surface area contributed by atoms with Crippen LogP contribution in [0.5, 0.6) is 5.75 Å². The lowest BCUT2D eigenvalue weighted by Gasteiger charge is -2.35. The number of likely N-dealkylation sites (tertiary alicyclic amines) is 1. The Morgan fingerprint density at radius 2 is 1.50 bits per heavy atom. The zero-order chi connectivity index (χ0) is 61.4. The Hall–Kier alpha value is -6.83. The van der Waals surface area contributed by atoms with Crippen LogP contribution in [-0.4, -0.2) is 167 Å². The maximum atomic E-state index is 14.3. The molecule has 4 aromatic rings. The predicted molar refractivity (Wildman–Crippen MR) is 320 cm³/mol. The number of hydrogen-bond acceptors (Lipinski definition) is 15. The van der Waals surface area contributed by atoms with E-state index in [1.54, 1.807) is 43.0 Å². The topological polar surface area (TPSA) is 241 Å². The Morgan fingerprint density at radius 1 is 0.814 bits per heavy atom. The molecule has 1 saturated heterocycles. The van der Waals surface area contributed by atoms with E-state index in [9.17, 15) is 41.9 Å². The highest BCUT2D eigenvalue weighted by atomic mass is 32.1. The zero-order valence-corrected chi connectivity index (χ0v) is 50.4. The van der Waals surface area contributed by atoms with E-state index >= 15 is 0 Å². The van der Waals surface area contributed by atoms with Crippen molar-refractivity contribution < 1.29 is 65.6 Å². The molecule has 2 aromatic heterocycles. The average molecular weight is 1220 g/mol. The maximum absolute atomic E-state index is 14.3. The Balaban J connectivity index is 0.744. The molecule has 6 amide bonds. The number of aromatic nitrogens is 2. The number of nitrogens with zero attached hydrogens (tertiary/aromatic N) is 4. The molecule has 3 heterocycles. The Morgan fingerprint density at radius 3 is 2.19 bits per heavy atom. The molecule has 1 aliphatic heterocycles. The Labute approximate surface area is 505 Å². The summed E-state index contributed by atoms with van der Waals surface area (Å²) >= 11 is 1.10. The lowest BCUT2D eigenvalue weighted by Crippen LogP contribution is -2.57. The molecule has 3 fully saturated rings. The summed E-state index contributed by atoms with van der Waals surface area (Å²) in [6, 6.07) is 16.3. The molecule has 3 aliphatic rings. The van der Waals surface area contributed by atoms with Crippen LogP contribution in [-0.2, 0) is 55.9 Å². The Kier molecular flexibility index (Phi) is 26.3. The van der Waals surface area contributed by atoms with E-state index in [1.807, 2.05) is 60.7 Å². The van der Waals surface area contributed by atoms with Gasteiger partial charge in [-0.3, -0.25) is 34.1 Å². The maximum Gasteiger partial charge on any atom is 0.391 e. The molecule has 24 heteroatoms. The SMILES string of the molecule is CN[C@@H](C)C(=O)NC(C(=O)N1CCC[C@H]1C(=O)Nc1sc(NC(=O)COCCOCCOCCOCCN(C)C(=O)Cc2cccc(CNC(=O)c3cc(/C=C/C4CCC(C(F)(F)F)CC4)c(OC)cn3)c2)nc1-c1ccccc1)C1CCCCC1. The molecule has 2 saturated carbocycles. The summed E-state index contributed by atoms with van der Waals surface area (Å²) in [7, 11) is 4.88. The van der Waals surface area contributed by atoms with Gasteiger partial charge in [-0.15, -0.1) is 0 Å². The number of anilines is 2. The number of benzene rings is 2. The fraction of sp³-hybridized carbons (Fsp3) is 0.548. The number of carbonyl (C=O) groups excluding carboxylic acids is 6. The van der Waals surface area contributed by atoms with Gasteiger partial charge in [0.05, 0.1) is 77.9 Å². The van der Waals surface area contributed by atoms with Gasteiger partial charge in [0.15, 0.2) is 5.13 Å². The summed E-state index contributed by atoms with van der Waals surface area (Å²) in [5.41, 5.74) is 3.51. The van der Waals surface area contributed by atoms with Crippen molar-refractivity contribution in [3.05, 3.63) is 95.3 Å². The quantitative estimate of drug-likeness (QED) is 0.0302. The van der Waals surface area contributed by atoms with Gasteiger partial charge in [-0.25, -0.2) is 9.97 Å². The second-order valence-corrected chi connectivity index (χ2v) is 22.9. The third kappa shape index (κ3) is 20.4. The summed E-state index contributed by atoms with van der Waals surface area (Å²) in [6.45, 7) is 4.33. The van der Waals surface area contributed by atoms with E-state index in [0.717, 1.165) is 60.1 Å². The number of thiazole rings is 1. The van der Waals surface area contributed by atoms with Gasteiger partial charge in [-0.1, -0.05) is 97.3 Å². The van der Waals surface area contributed by atoms with Crippen molar-refractivity contribution in [1.82, 2.24) is 35.7 Å². The number of halogens is 3. The van der Waals surface area contributed by atoms with Crippen LogP contribution in [0.2, 0.25) is 0 Å². The number of alkyl halides is 3. The highest BCUT2D eigenvalue weighted by Gasteiger charge is 2.42. The van der Waals surface area contributed by atoms with Gasteiger partial charge in [0, 0.05) is 37.8 Å². The van der Waals surface area contributed by atoms with Crippen molar-refractivity contribution >= 4 is 63.0 Å². The number of pyridine rings is 1. The monoisotopic (exact) mass is 1220 g/mol. The smallest absolute Gasteiger partial charge is 0.391 e. The van der Waals surface area contributed by atoms with Crippen LogP contribution in [0.4, 0.5) is 23.3 Å². The zero-order valence-electron chi connectivity index (χ0n) is 49.6. The van der Waals surface area contributed by atoms with Crippen molar-refractivity contribution in [1.29, 1.82) is 0 Å². The first-order valence-electron chi connectivity index (χ1n) is 29.7. The molecule has 3 atom stereocenters. The van der Waals surface area contributed by atoms with E-state index < -0.39 is 42.0 Å². The number of hydrogen-bond donors (Lipinski definition) is 5. The molecule has 86 heavy (non-hydrogen) atoms. The molecule has 20 nitrogen and oxygen atoms in total. The van der Waals surface area contributed by atoms with Crippen LogP contribution in [0.3, 0.4) is 0 Å². The second kappa shape index (κ2) is 33.9. The summed E-state index contributed by atoms with van der Waals surface area (Å²) in [6.07, 6.45) is 7.95. The van der Waals surface area contributed by atoms with Gasteiger partial charge in [0.25, 0.3) is 11.8 Å². The third-order valence-corrected chi connectivity index (χ3v) is 16.7. The predicted octanol–water partition coefficient (Wildman–Crippen LogP) is 7.83. The molecule has 0 radical (unpaired) electrons. The molecule has 0 spiro atoms. The number of ether oxygens (including phenoxy) is 5. The highest BCUT2D eigenvalue weighted by molar-refractivity contribution is 7.20. The van der Waals surface area contributed by atoms with Crippen LogP contribution >= 0.6 is 11.3 Å². The summed E-state index contributed by atoms with van der Waals surface area (Å²) < 4.78 is 67.3. The van der Waals surface area contributed by atoms with Crippen molar-refractivity contribution in [2.45, 2.75) is 115 Å². The minimum absolute atomic E-state index is 0.00291. The normalized spacial score (nSPS) is 18.1. The first-order valence-corrected chi connectivity index (χ1v) is 30.5. The molecule has 0 bridgehead atoms. The lowest BCUT2D eigenvalue weighted by molar-refractivity contribution is -0.183. The first kappa shape index (κ1) is 66.7. The van der Waals surface area contributed by atoms with Crippen LogP contribution in [0, 0.1) is 17.8 Å². The van der Waals surface area contributed by atoms with E-state index in [-0.39, 0.29) is 91.9 Å². The van der Waals surface area contributed by atoms with Crippen molar-refractivity contribution in [3.8, 4) is 17.0 Å². The van der Waals surface area contributed by atoms with Gasteiger partial charge in [0.1, 0.15) is 40.8 Å². The van der Waals surface area contributed by atoms with Gasteiger partial charge in [-0.05, 0) is 94.4 Å². The Bertz CT molecular complexity index is 2880. The summed E-state index contributed by atoms with van der Waals surface area (Å²) in [5, 5.41) is 15.3. The van der Waals surface area contributed by atoms with E-state index in [2.05, 4.69) is 36.6 Å². The third-order valence-electron chi connectivity index (χ3n) is 15.8. The minimum atomic E-state index is -4.17. The molecule has 2 aliphatic carbocycles. The van der Waals surface area contributed by atoms with E-state index in [1.165, 1.54) is 13.3 Å². The molecule has 468 valence electrons. The van der Waals surface area contributed by atoms with Crippen molar-refractivity contribution in [2.75, 3.05) is 97.8 Å². The number of methoxy groups -OCH3 is 1. The number of carbonyl (C=O) groups is 6. The number of nitrogens with one attached hydrogen (secondary N) is 5. The van der Waals surface area contributed by atoms with Gasteiger partial charge in [0.2, 0.25) is 23.6 Å². The van der Waals surface area contributed by atoms with Crippen LogP contribution in [0.1, 0.15) is 105 Å². The summed E-state index contributed by atoms with van der Waals surface area (Å²) in [4.78, 5) is 92.7.